The number of carbonyl (C=O) groups is 1. The molecule has 0 aliphatic carbocycles. The second kappa shape index (κ2) is 7.70. The monoisotopic (exact) mass is 270 g/mol. The number of hydrogen-bond donors (Lipinski definition) is 2. The number of aliphatic carboxylic acids is 1. The number of hydrogen-bond acceptors (Lipinski definition) is 4. The predicted octanol–water partition coefficient (Wildman–Crippen LogP) is 1.08. The fraction of sp³-hybridized carbons (Fsp3) is 0.462. The average molecular weight is 270 g/mol. The third kappa shape index (κ3) is 5.23. The third-order valence-corrected chi connectivity index (χ3v) is 2.61. The average Bonchev–Trinajstić information content (AvgIpc) is 2.35. The Morgan fingerprint density at radius 2 is 2.26 bits per heavy atom. The molecule has 0 heterocycles. The molecule has 0 bridgehead atoms. The molecule has 0 saturated carbocycles. The lowest BCUT2D eigenvalue weighted by Gasteiger charge is -2.18. The molecule has 0 amide bonds. The van der Waals surface area contributed by atoms with Crippen molar-refractivity contribution in [2.45, 2.75) is 6.54 Å². The lowest BCUT2D eigenvalue weighted by molar-refractivity contribution is -0.135. The number of nitrogens with zero attached hydrogens (tertiary/aromatic N) is 1. The summed E-state index contributed by atoms with van der Waals surface area (Å²) in [5.74, 6) is -1.42. The SMILES string of the molecule is COCCNCc1ccc(F)c(N(C)CC(=O)O)c1. The van der Waals surface area contributed by atoms with Gasteiger partial charge < -0.3 is 20.1 Å². The molecule has 2 N–H and O–H groups in total. The van der Waals surface area contributed by atoms with Gasteiger partial charge in [-0.3, -0.25) is 4.79 Å². The Morgan fingerprint density at radius 3 is 2.89 bits per heavy atom. The molecule has 6 heteroatoms. The number of ether oxygens (including phenoxy) is 1. The van der Waals surface area contributed by atoms with E-state index in [0.29, 0.717) is 19.7 Å². The molecule has 106 valence electrons. The van der Waals surface area contributed by atoms with Gasteiger partial charge in [0.2, 0.25) is 0 Å². The zero-order chi connectivity index (χ0) is 14.3. The Kier molecular flexibility index (Phi) is 6.24. The standard InChI is InChI=1S/C13H19FN2O3/c1-16(9-13(17)18)12-7-10(3-4-11(12)14)8-15-5-6-19-2/h3-4,7,15H,5-6,8-9H2,1-2H3,(H,17,18). The summed E-state index contributed by atoms with van der Waals surface area (Å²) in [6.45, 7) is 1.65. The van der Waals surface area contributed by atoms with Crippen LogP contribution in [0.3, 0.4) is 0 Å². The minimum absolute atomic E-state index is 0.239. The Labute approximate surface area is 112 Å². The van der Waals surface area contributed by atoms with Crippen LogP contribution in [-0.4, -0.2) is 44.9 Å². The number of likely N-dealkylation sites (N-methyl/N-ethyl adjacent to an activating group) is 1. The van der Waals surface area contributed by atoms with Crippen LogP contribution < -0.4 is 10.2 Å². The number of benzene rings is 1. The maximum Gasteiger partial charge on any atom is 0.323 e. The Morgan fingerprint density at radius 1 is 1.53 bits per heavy atom. The van der Waals surface area contributed by atoms with Gasteiger partial charge in [0.1, 0.15) is 12.4 Å². The summed E-state index contributed by atoms with van der Waals surface area (Å²) in [6, 6.07) is 4.67. The first-order chi connectivity index (χ1) is 9.04. The Balaban J connectivity index is 2.68. The second-order valence-electron chi connectivity index (χ2n) is 4.21. The summed E-state index contributed by atoms with van der Waals surface area (Å²) in [6.07, 6.45) is 0. The van der Waals surface area contributed by atoms with E-state index in [1.807, 2.05) is 0 Å². The van der Waals surface area contributed by atoms with E-state index in [1.54, 1.807) is 26.3 Å². The van der Waals surface area contributed by atoms with Crippen LogP contribution in [0.1, 0.15) is 5.56 Å². The van der Waals surface area contributed by atoms with Gasteiger partial charge in [0.05, 0.1) is 12.3 Å². The second-order valence-corrected chi connectivity index (χ2v) is 4.21. The number of carboxylic acid groups (broad SMARTS) is 1. The van der Waals surface area contributed by atoms with Crippen molar-refractivity contribution in [2.75, 3.05) is 38.8 Å². The molecule has 0 aliphatic rings. The van der Waals surface area contributed by atoms with Crippen molar-refractivity contribution in [3.63, 3.8) is 0 Å². The van der Waals surface area contributed by atoms with Crippen LogP contribution in [0, 0.1) is 5.82 Å². The number of nitrogens with one attached hydrogen (secondary N) is 1. The van der Waals surface area contributed by atoms with E-state index in [1.165, 1.54) is 11.0 Å². The molecular formula is C13H19FN2O3. The van der Waals surface area contributed by atoms with Crippen LogP contribution in [0.4, 0.5) is 10.1 Å². The maximum atomic E-state index is 13.6. The van der Waals surface area contributed by atoms with E-state index < -0.39 is 11.8 Å². The minimum Gasteiger partial charge on any atom is -0.480 e. The Hall–Kier alpha value is -1.66. The molecule has 0 unspecified atom stereocenters. The molecule has 5 nitrogen and oxygen atoms in total. The molecule has 1 aromatic carbocycles. The highest BCUT2D eigenvalue weighted by molar-refractivity contribution is 5.73. The van der Waals surface area contributed by atoms with E-state index in [2.05, 4.69) is 5.32 Å². The molecule has 19 heavy (non-hydrogen) atoms. The molecule has 0 aliphatic heterocycles. The molecule has 0 aromatic heterocycles. The van der Waals surface area contributed by atoms with Gasteiger partial charge in [-0.15, -0.1) is 0 Å². The van der Waals surface area contributed by atoms with Gasteiger partial charge in [-0.05, 0) is 17.7 Å². The van der Waals surface area contributed by atoms with Gasteiger partial charge in [0.25, 0.3) is 0 Å². The van der Waals surface area contributed by atoms with Crippen molar-refractivity contribution in [1.82, 2.24) is 5.32 Å². The van der Waals surface area contributed by atoms with E-state index in [-0.39, 0.29) is 12.2 Å². The van der Waals surface area contributed by atoms with Crippen molar-refractivity contribution < 1.29 is 19.0 Å². The number of carboxylic acids is 1. The van der Waals surface area contributed by atoms with E-state index in [0.717, 1.165) is 5.56 Å². The van der Waals surface area contributed by atoms with Crippen LogP contribution in [0.5, 0.6) is 0 Å². The molecule has 0 fully saturated rings. The summed E-state index contributed by atoms with van der Waals surface area (Å²) < 4.78 is 18.5. The minimum atomic E-state index is -0.995. The Bertz CT molecular complexity index is 426. The van der Waals surface area contributed by atoms with Crippen LogP contribution in [0.25, 0.3) is 0 Å². The van der Waals surface area contributed by atoms with Crippen LogP contribution >= 0.6 is 0 Å². The zero-order valence-corrected chi connectivity index (χ0v) is 11.1. The van der Waals surface area contributed by atoms with Crippen molar-refractivity contribution in [3.8, 4) is 0 Å². The van der Waals surface area contributed by atoms with E-state index >= 15 is 0 Å². The van der Waals surface area contributed by atoms with E-state index in [9.17, 15) is 9.18 Å². The number of methoxy groups -OCH3 is 1. The molecule has 0 radical (unpaired) electrons. The highest BCUT2D eigenvalue weighted by Crippen LogP contribution is 2.19. The van der Waals surface area contributed by atoms with Gasteiger partial charge >= 0.3 is 5.97 Å². The zero-order valence-electron chi connectivity index (χ0n) is 11.1. The lowest BCUT2D eigenvalue weighted by atomic mass is 10.1. The molecular weight excluding hydrogens is 251 g/mol. The highest BCUT2D eigenvalue weighted by Gasteiger charge is 2.11. The summed E-state index contributed by atoms with van der Waals surface area (Å²) in [4.78, 5) is 12.0. The molecule has 0 saturated heterocycles. The number of anilines is 1. The maximum absolute atomic E-state index is 13.6. The molecule has 1 rings (SSSR count). The van der Waals surface area contributed by atoms with Gasteiger partial charge in [-0.25, -0.2) is 4.39 Å². The lowest BCUT2D eigenvalue weighted by Crippen LogP contribution is -2.26. The van der Waals surface area contributed by atoms with Crippen LogP contribution in [0.15, 0.2) is 18.2 Å². The van der Waals surface area contributed by atoms with Crippen LogP contribution in [-0.2, 0) is 16.1 Å². The van der Waals surface area contributed by atoms with Crippen molar-refractivity contribution in [3.05, 3.63) is 29.6 Å². The van der Waals surface area contributed by atoms with Crippen LogP contribution in [0.2, 0.25) is 0 Å². The fourth-order valence-corrected chi connectivity index (χ4v) is 1.66. The number of rotatable bonds is 8. The van der Waals surface area contributed by atoms with E-state index in [4.69, 9.17) is 9.84 Å². The first kappa shape index (κ1) is 15.4. The first-order valence-corrected chi connectivity index (χ1v) is 5.95. The fourth-order valence-electron chi connectivity index (χ4n) is 1.66. The predicted molar refractivity (Wildman–Crippen MR) is 70.9 cm³/mol. The van der Waals surface area contributed by atoms with Gasteiger partial charge in [-0.1, -0.05) is 6.07 Å². The molecule has 0 atom stereocenters. The largest absolute Gasteiger partial charge is 0.480 e. The normalized spacial score (nSPS) is 10.5. The highest BCUT2D eigenvalue weighted by atomic mass is 19.1. The summed E-state index contributed by atoms with van der Waals surface area (Å²) >= 11 is 0. The first-order valence-electron chi connectivity index (χ1n) is 5.95. The van der Waals surface area contributed by atoms with Gasteiger partial charge in [-0.2, -0.15) is 0 Å². The van der Waals surface area contributed by atoms with Gasteiger partial charge in [0.15, 0.2) is 0 Å². The molecule has 1 aromatic rings. The number of halogens is 1. The van der Waals surface area contributed by atoms with Gasteiger partial charge in [0, 0.05) is 27.2 Å². The topological polar surface area (TPSA) is 61.8 Å². The summed E-state index contributed by atoms with van der Waals surface area (Å²) in [5.41, 5.74) is 1.18. The summed E-state index contributed by atoms with van der Waals surface area (Å²) in [7, 11) is 3.17. The third-order valence-electron chi connectivity index (χ3n) is 2.61. The van der Waals surface area contributed by atoms with Crippen molar-refractivity contribution in [2.24, 2.45) is 0 Å². The summed E-state index contributed by atoms with van der Waals surface area (Å²) in [5, 5.41) is 11.9. The molecule has 0 spiro atoms. The quantitative estimate of drug-likeness (QED) is 0.692. The van der Waals surface area contributed by atoms with Crippen molar-refractivity contribution in [1.29, 1.82) is 0 Å². The van der Waals surface area contributed by atoms with Crippen molar-refractivity contribution >= 4 is 11.7 Å². The smallest absolute Gasteiger partial charge is 0.323 e.